The SMILES string of the molecule is CC(=O)/C=C(/C)O.CC(C)(C)c1cc(-c2nccc3c2ccc2c4ccc5c(c4oc32)CCCC5)[c-]c2ccccc12.[Ir]. The molecule has 0 atom stereocenters. The summed E-state index contributed by atoms with van der Waals surface area (Å²) in [4.78, 5) is 14.9. The summed E-state index contributed by atoms with van der Waals surface area (Å²) in [5.74, 6) is -0.0625. The summed E-state index contributed by atoms with van der Waals surface area (Å²) in [6.07, 6.45) is 7.87. The van der Waals surface area contributed by atoms with Crippen LogP contribution in [-0.2, 0) is 43.2 Å². The van der Waals surface area contributed by atoms with Gasteiger partial charge in [-0.15, -0.1) is 29.1 Å². The number of carbonyl (C=O) groups excluding carboxylic acids is 1. The predicted octanol–water partition coefficient (Wildman–Crippen LogP) is 9.97. The molecule has 1 radical (unpaired) electrons. The van der Waals surface area contributed by atoms with Crippen LogP contribution in [-0.4, -0.2) is 15.9 Å². The van der Waals surface area contributed by atoms with E-state index in [2.05, 4.69) is 87.5 Å². The number of aliphatic hydroxyl groups is 1. The van der Waals surface area contributed by atoms with E-state index in [-0.39, 0.29) is 37.1 Å². The molecule has 0 amide bonds. The van der Waals surface area contributed by atoms with E-state index >= 15 is 0 Å². The number of rotatable bonds is 2. The Labute approximate surface area is 266 Å². The van der Waals surface area contributed by atoms with E-state index in [0.717, 1.165) is 51.4 Å². The number of ketones is 1. The molecule has 6 aromatic rings. The Morgan fingerprint density at radius 3 is 2.28 bits per heavy atom. The molecule has 1 N–H and O–H groups in total. The molecule has 4 aromatic carbocycles. The number of nitrogens with zero attached hydrogens (tertiary/aromatic N) is 1. The fraction of sp³-hybridized carbons (Fsp3) is 0.263. The van der Waals surface area contributed by atoms with Crippen LogP contribution in [0.25, 0.3) is 54.7 Å². The minimum Gasteiger partial charge on any atom is -0.512 e. The van der Waals surface area contributed by atoms with Gasteiger partial charge in [0.05, 0.1) is 5.76 Å². The summed E-state index contributed by atoms with van der Waals surface area (Å²) in [6.45, 7) is 9.66. The number of carbonyl (C=O) groups is 1. The van der Waals surface area contributed by atoms with Gasteiger partial charge in [0.2, 0.25) is 0 Å². The van der Waals surface area contributed by atoms with Crippen LogP contribution < -0.4 is 0 Å². The van der Waals surface area contributed by atoms with E-state index in [1.807, 2.05) is 6.20 Å². The molecule has 43 heavy (non-hydrogen) atoms. The standard InChI is InChI=1S/C33H28NO.C5H8O2.Ir/c1-33(2,3)29-19-22(18-21-9-5-6-10-23(21)29)30-25-14-15-27-26-13-12-20-8-4-7-11-24(20)31(26)35-32(27)28(25)16-17-34-30;1-4(6)3-5(2)7;/h5-6,9-10,12-17,19H,4,7-8,11H2,1-3H3;3,6H,1-2H3;/q-1;;/b;4-3-;. The van der Waals surface area contributed by atoms with Gasteiger partial charge < -0.3 is 9.52 Å². The first-order valence-electron chi connectivity index (χ1n) is 14.7. The first-order chi connectivity index (χ1) is 20.1. The quantitative estimate of drug-likeness (QED) is 0.109. The monoisotopic (exact) mass is 747 g/mol. The van der Waals surface area contributed by atoms with Crippen molar-refractivity contribution >= 4 is 49.3 Å². The molecule has 0 aliphatic heterocycles. The van der Waals surface area contributed by atoms with Crippen LogP contribution in [0.3, 0.4) is 0 Å². The Balaban J connectivity index is 0.000000415. The van der Waals surface area contributed by atoms with Crippen LogP contribution in [0.4, 0.5) is 0 Å². The maximum absolute atomic E-state index is 10.0. The largest absolute Gasteiger partial charge is 0.512 e. The molecule has 2 heterocycles. The second-order valence-corrected chi connectivity index (χ2v) is 12.4. The number of hydrogen-bond acceptors (Lipinski definition) is 4. The Morgan fingerprint density at radius 1 is 0.884 bits per heavy atom. The van der Waals surface area contributed by atoms with Gasteiger partial charge in [0.25, 0.3) is 0 Å². The number of pyridine rings is 1. The topological polar surface area (TPSA) is 63.3 Å². The van der Waals surface area contributed by atoms with Crippen molar-refractivity contribution in [2.75, 3.05) is 0 Å². The normalized spacial score (nSPS) is 13.5. The van der Waals surface area contributed by atoms with Gasteiger partial charge in [-0.3, -0.25) is 9.78 Å². The fourth-order valence-electron chi connectivity index (χ4n) is 6.26. The zero-order chi connectivity index (χ0) is 29.6. The van der Waals surface area contributed by atoms with Crippen molar-refractivity contribution in [1.29, 1.82) is 0 Å². The molecule has 0 unspecified atom stereocenters. The Morgan fingerprint density at radius 2 is 1.56 bits per heavy atom. The zero-order valence-electron chi connectivity index (χ0n) is 25.3. The van der Waals surface area contributed by atoms with E-state index in [1.54, 1.807) is 0 Å². The Kier molecular flexibility index (Phi) is 8.60. The molecule has 0 saturated heterocycles. The molecular weight excluding hydrogens is 711 g/mol. The molecule has 0 bridgehead atoms. The van der Waals surface area contributed by atoms with Gasteiger partial charge >= 0.3 is 0 Å². The smallest absolute Gasteiger partial charge is 0.155 e. The molecule has 5 heteroatoms. The van der Waals surface area contributed by atoms with Crippen molar-refractivity contribution in [3.8, 4) is 11.3 Å². The van der Waals surface area contributed by atoms with Crippen molar-refractivity contribution in [1.82, 2.24) is 4.98 Å². The summed E-state index contributed by atoms with van der Waals surface area (Å²) in [7, 11) is 0. The maximum atomic E-state index is 10.0. The van der Waals surface area contributed by atoms with Gasteiger partial charge in [0.1, 0.15) is 11.2 Å². The van der Waals surface area contributed by atoms with Gasteiger partial charge in [0.15, 0.2) is 5.78 Å². The van der Waals surface area contributed by atoms with E-state index in [4.69, 9.17) is 14.5 Å². The minimum absolute atomic E-state index is 0. The van der Waals surface area contributed by atoms with Gasteiger partial charge in [-0.1, -0.05) is 74.2 Å². The number of furan rings is 1. The third kappa shape index (κ3) is 5.89. The molecule has 4 nitrogen and oxygen atoms in total. The summed E-state index contributed by atoms with van der Waals surface area (Å²) in [6, 6.07) is 25.6. The number of hydrogen-bond donors (Lipinski definition) is 1. The predicted molar refractivity (Wildman–Crippen MR) is 173 cm³/mol. The zero-order valence-corrected chi connectivity index (χ0v) is 27.7. The molecule has 7 rings (SSSR count). The van der Waals surface area contributed by atoms with E-state index < -0.39 is 0 Å². The Bertz CT molecular complexity index is 2020. The fourth-order valence-corrected chi connectivity index (χ4v) is 6.26. The average Bonchev–Trinajstić information content (AvgIpc) is 3.35. The third-order valence-corrected chi connectivity index (χ3v) is 8.12. The number of fused-ring (bicyclic) bond motifs is 8. The maximum Gasteiger partial charge on any atom is 0.155 e. The summed E-state index contributed by atoms with van der Waals surface area (Å²) in [5.41, 5.74) is 8.23. The van der Waals surface area contributed by atoms with Crippen LogP contribution in [0.2, 0.25) is 0 Å². The number of allylic oxidation sites excluding steroid dienone is 2. The summed E-state index contributed by atoms with van der Waals surface area (Å²) >= 11 is 0. The first-order valence-corrected chi connectivity index (χ1v) is 14.7. The van der Waals surface area contributed by atoms with E-state index in [1.165, 1.54) is 65.6 Å². The third-order valence-electron chi connectivity index (χ3n) is 8.12. The molecular formula is C38H36IrNO3-. The molecule has 0 saturated carbocycles. The van der Waals surface area contributed by atoms with Crippen LogP contribution in [0, 0.1) is 6.07 Å². The molecule has 221 valence electrons. The van der Waals surface area contributed by atoms with Crippen LogP contribution >= 0.6 is 0 Å². The van der Waals surface area contributed by atoms with E-state index in [0.29, 0.717) is 0 Å². The second kappa shape index (κ2) is 12.1. The van der Waals surface area contributed by atoms with Crippen molar-refractivity contribution in [3.05, 3.63) is 101 Å². The number of benzene rings is 4. The van der Waals surface area contributed by atoms with Crippen molar-refractivity contribution in [2.45, 2.75) is 65.7 Å². The first kappa shape index (κ1) is 30.7. The Hall–Kier alpha value is -3.79. The van der Waals surface area contributed by atoms with Crippen molar-refractivity contribution < 1.29 is 34.4 Å². The van der Waals surface area contributed by atoms with Gasteiger partial charge in [-0.05, 0) is 67.5 Å². The van der Waals surface area contributed by atoms with Crippen molar-refractivity contribution in [3.63, 3.8) is 0 Å². The number of aliphatic hydroxyl groups excluding tert-OH is 1. The molecule has 0 fully saturated rings. The van der Waals surface area contributed by atoms with Crippen molar-refractivity contribution in [2.24, 2.45) is 0 Å². The van der Waals surface area contributed by atoms with Crippen LogP contribution in [0.5, 0.6) is 0 Å². The minimum atomic E-state index is -0.125. The van der Waals surface area contributed by atoms with Gasteiger partial charge in [-0.25, -0.2) is 0 Å². The molecule has 0 spiro atoms. The summed E-state index contributed by atoms with van der Waals surface area (Å²) in [5, 5.41) is 15.4. The van der Waals surface area contributed by atoms with Crippen LogP contribution in [0.15, 0.2) is 83.1 Å². The number of aryl methyl sites for hydroxylation is 2. The molecule has 1 aliphatic rings. The van der Waals surface area contributed by atoms with Gasteiger partial charge in [0, 0.05) is 54.2 Å². The average molecular weight is 747 g/mol. The van der Waals surface area contributed by atoms with E-state index in [9.17, 15) is 4.79 Å². The second-order valence-electron chi connectivity index (χ2n) is 12.4. The number of aromatic nitrogens is 1. The molecule has 2 aromatic heterocycles. The van der Waals surface area contributed by atoms with Crippen LogP contribution in [0.1, 0.15) is 64.2 Å². The summed E-state index contributed by atoms with van der Waals surface area (Å²) < 4.78 is 6.67. The molecule has 1 aliphatic carbocycles. The van der Waals surface area contributed by atoms with Gasteiger partial charge in [-0.2, -0.15) is 0 Å².